The third-order valence-corrected chi connectivity index (χ3v) is 1.57. The van der Waals surface area contributed by atoms with Gasteiger partial charge in [-0.1, -0.05) is 6.08 Å². The summed E-state index contributed by atoms with van der Waals surface area (Å²) in [4.78, 5) is 14.6. The Balaban J connectivity index is 2.52. The van der Waals surface area contributed by atoms with Crippen molar-refractivity contribution in [2.75, 3.05) is 7.11 Å². The highest BCUT2D eigenvalue weighted by Crippen LogP contribution is 2.07. The molecule has 0 spiro atoms. The topological polar surface area (TPSA) is 59.4 Å². The molecule has 0 aliphatic rings. The molecule has 1 rings (SSSR count). The predicted molar refractivity (Wildman–Crippen MR) is 51.6 cm³/mol. The Hall–Kier alpha value is -1.84. The molecule has 1 heterocycles. The predicted octanol–water partition coefficient (Wildman–Crippen LogP) is 1.36. The number of aromatic nitrogens is 1. The zero-order valence-corrected chi connectivity index (χ0v) is 7.80. The molecular weight excluding hydrogens is 182 g/mol. The highest BCUT2D eigenvalue weighted by molar-refractivity contribution is 5.72. The fourth-order valence-corrected chi connectivity index (χ4v) is 0.855. The largest absolute Gasteiger partial charge is 0.506 e. The van der Waals surface area contributed by atoms with E-state index in [1.165, 1.54) is 19.4 Å². The Labute approximate surface area is 81.9 Å². The van der Waals surface area contributed by atoms with Crippen LogP contribution in [0.5, 0.6) is 5.75 Å². The fourth-order valence-electron chi connectivity index (χ4n) is 0.855. The number of nitrogens with zero attached hydrogens (tertiary/aromatic N) is 1. The lowest BCUT2D eigenvalue weighted by Crippen LogP contribution is -1.96. The first-order valence-electron chi connectivity index (χ1n) is 4.11. The van der Waals surface area contributed by atoms with Gasteiger partial charge in [0, 0.05) is 0 Å². The molecule has 0 fully saturated rings. The van der Waals surface area contributed by atoms with Gasteiger partial charge in [0.15, 0.2) is 0 Å². The van der Waals surface area contributed by atoms with E-state index in [9.17, 15) is 4.79 Å². The lowest BCUT2D eigenvalue weighted by atomic mass is 10.3. The number of pyridine rings is 1. The molecule has 0 aliphatic carbocycles. The van der Waals surface area contributed by atoms with Crippen molar-refractivity contribution in [3.63, 3.8) is 0 Å². The summed E-state index contributed by atoms with van der Waals surface area (Å²) >= 11 is 0. The van der Waals surface area contributed by atoms with Crippen LogP contribution in [0.3, 0.4) is 0 Å². The van der Waals surface area contributed by atoms with Gasteiger partial charge in [-0.25, -0.2) is 0 Å². The molecule has 0 saturated carbocycles. The summed E-state index contributed by atoms with van der Waals surface area (Å²) in [6.07, 6.45) is 4.92. The highest BCUT2D eigenvalue weighted by atomic mass is 16.5. The van der Waals surface area contributed by atoms with E-state index < -0.39 is 0 Å². The molecule has 0 amide bonds. The number of carbonyl (C=O) groups is 1. The summed E-state index contributed by atoms with van der Waals surface area (Å²) in [5, 5.41) is 8.95. The van der Waals surface area contributed by atoms with Crippen molar-refractivity contribution >= 4 is 12.0 Å². The van der Waals surface area contributed by atoms with Gasteiger partial charge < -0.3 is 9.84 Å². The molecule has 4 nitrogen and oxygen atoms in total. The molecule has 0 aromatic carbocycles. The van der Waals surface area contributed by atoms with Gasteiger partial charge in [-0.15, -0.1) is 0 Å². The minimum absolute atomic E-state index is 0.120. The second kappa shape index (κ2) is 5.01. The second-order valence-electron chi connectivity index (χ2n) is 2.62. The summed E-state index contributed by atoms with van der Waals surface area (Å²) < 4.78 is 4.46. The maximum atomic E-state index is 10.7. The van der Waals surface area contributed by atoms with Gasteiger partial charge in [-0.3, -0.25) is 9.78 Å². The molecule has 0 saturated heterocycles. The van der Waals surface area contributed by atoms with Crippen LogP contribution >= 0.6 is 0 Å². The lowest BCUT2D eigenvalue weighted by molar-refractivity contribution is -0.139. The van der Waals surface area contributed by atoms with Crippen molar-refractivity contribution in [1.29, 1.82) is 0 Å². The van der Waals surface area contributed by atoms with Gasteiger partial charge in [-0.2, -0.15) is 0 Å². The first-order valence-corrected chi connectivity index (χ1v) is 4.11. The van der Waals surface area contributed by atoms with E-state index in [1.807, 2.05) is 0 Å². The fraction of sp³-hybridized carbons (Fsp3) is 0.200. The SMILES string of the molecule is COC(=O)CC=Cc1ccc(O)cn1. The molecule has 74 valence electrons. The van der Waals surface area contributed by atoms with Crippen molar-refractivity contribution in [2.24, 2.45) is 0 Å². The Morgan fingerprint density at radius 1 is 1.64 bits per heavy atom. The number of carbonyl (C=O) groups excluding carboxylic acids is 1. The van der Waals surface area contributed by atoms with E-state index in [0.29, 0.717) is 5.69 Å². The summed E-state index contributed by atoms with van der Waals surface area (Å²) in [6, 6.07) is 3.19. The molecule has 1 aromatic heterocycles. The van der Waals surface area contributed by atoms with Crippen LogP contribution in [-0.2, 0) is 9.53 Å². The van der Waals surface area contributed by atoms with Crippen LogP contribution in [0.4, 0.5) is 0 Å². The average molecular weight is 193 g/mol. The Morgan fingerprint density at radius 3 is 3.00 bits per heavy atom. The second-order valence-corrected chi connectivity index (χ2v) is 2.62. The Kier molecular flexibility index (Phi) is 3.67. The third-order valence-electron chi connectivity index (χ3n) is 1.57. The molecule has 0 bridgehead atoms. The van der Waals surface area contributed by atoms with Crippen LogP contribution in [-0.4, -0.2) is 23.2 Å². The standard InChI is InChI=1S/C10H11NO3/c1-14-10(13)4-2-3-8-5-6-9(12)7-11-8/h2-3,5-7,12H,4H2,1H3. The summed E-state index contributed by atoms with van der Waals surface area (Å²) in [5.41, 5.74) is 0.687. The molecule has 4 heteroatoms. The van der Waals surface area contributed by atoms with Crippen LogP contribution in [0, 0.1) is 0 Å². The Bertz CT molecular complexity index is 330. The maximum Gasteiger partial charge on any atom is 0.309 e. The lowest BCUT2D eigenvalue weighted by Gasteiger charge is -1.94. The molecule has 0 atom stereocenters. The van der Waals surface area contributed by atoms with E-state index in [0.717, 1.165) is 0 Å². The smallest absolute Gasteiger partial charge is 0.309 e. The van der Waals surface area contributed by atoms with Gasteiger partial charge in [0.1, 0.15) is 5.75 Å². The summed E-state index contributed by atoms with van der Waals surface area (Å²) in [7, 11) is 1.34. The number of esters is 1. The van der Waals surface area contributed by atoms with Crippen LogP contribution in [0.2, 0.25) is 0 Å². The van der Waals surface area contributed by atoms with E-state index in [-0.39, 0.29) is 18.1 Å². The van der Waals surface area contributed by atoms with Crippen LogP contribution in [0.1, 0.15) is 12.1 Å². The number of aromatic hydroxyl groups is 1. The molecule has 0 radical (unpaired) electrons. The van der Waals surface area contributed by atoms with Crippen molar-refractivity contribution < 1.29 is 14.6 Å². The maximum absolute atomic E-state index is 10.7. The molecular formula is C10H11NO3. The van der Waals surface area contributed by atoms with Crippen molar-refractivity contribution in [3.8, 4) is 5.75 Å². The van der Waals surface area contributed by atoms with E-state index in [2.05, 4.69) is 9.72 Å². The Morgan fingerprint density at radius 2 is 2.43 bits per heavy atom. The minimum Gasteiger partial charge on any atom is -0.506 e. The zero-order chi connectivity index (χ0) is 10.4. The minimum atomic E-state index is -0.292. The van der Waals surface area contributed by atoms with Crippen molar-refractivity contribution in [2.45, 2.75) is 6.42 Å². The summed E-state index contributed by atoms with van der Waals surface area (Å²) in [5.74, 6) is -0.171. The molecule has 1 N–H and O–H groups in total. The monoisotopic (exact) mass is 193 g/mol. The van der Waals surface area contributed by atoms with E-state index in [4.69, 9.17) is 5.11 Å². The third kappa shape index (κ3) is 3.26. The quantitative estimate of drug-likeness (QED) is 0.736. The first-order chi connectivity index (χ1) is 6.72. The van der Waals surface area contributed by atoms with Gasteiger partial charge in [0.25, 0.3) is 0 Å². The number of ether oxygens (including phenoxy) is 1. The number of methoxy groups -OCH3 is 1. The van der Waals surface area contributed by atoms with Crippen LogP contribution in [0.25, 0.3) is 6.08 Å². The number of rotatable bonds is 3. The van der Waals surface area contributed by atoms with E-state index >= 15 is 0 Å². The average Bonchev–Trinajstić information content (AvgIpc) is 2.21. The van der Waals surface area contributed by atoms with E-state index in [1.54, 1.807) is 18.2 Å². The number of hydrogen-bond acceptors (Lipinski definition) is 4. The number of hydrogen-bond donors (Lipinski definition) is 1. The summed E-state index contributed by atoms with van der Waals surface area (Å²) in [6.45, 7) is 0. The van der Waals surface area contributed by atoms with Crippen molar-refractivity contribution in [3.05, 3.63) is 30.1 Å². The van der Waals surface area contributed by atoms with Gasteiger partial charge in [0.05, 0.1) is 25.4 Å². The molecule has 0 aliphatic heterocycles. The van der Waals surface area contributed by atoms with Gasteiger partial charge in [-0.05, 0) is 18.2 Å². The normalized spacial score (nSPS) is 10.4. The highest BCUT2D eigenvalue weighted by Gasteiger charge is 1.94. The first kappa shape index (κ1) is 10.2. The van der Waals surface area contributed by atoms with Crippen LogP contribution < -0.4 is 0 Å². The van der Waals surface area contributed by atoms with Crippen LogP contribution in [0.15, 0.2) is 24.4 Å². The molecule has 0 unspecified atom stereocenters. The molecule has 1 aromatic rings. The zero-order valence-electron chi connectivity index (χ0n) is 7.80. The van der Waals surface area contributed by atoms with Crippen molar-refractivity contribution in [1.82, 2.24) is 4.98 Å². The molecule has 14 heavy (non-hydrogen) atoms. The van der Waals surface area contributed by atoms with Gasteiger partial charge in [0.2, 0.25) is 0 Å². The van der Waals surface area contributed by atoms with Gasteiger partial charge >= 0.3 is 5.97 Å².